The van der Waals surface area contributed by atoms with E-state index in [-0.39, 0.29) is 12.8 Å². The van der Waals surface area contributed by atoms with Gasteiger partial charge >= 0.3 is 11.9 Å². The SMILES string of the molecule is CSCCC(NC(=O)C(NC(=O)C(N)CC(=O)O)C(C)C)C(=O)NC(Cc1cnc[nH]1)C(=O)O. The number of hydrogen-bond acceptors (Lipinski definition) is 8. The van der Waals surface area contributed by atoms with Crippen LogP contribution < -0.4 is 21.7 Å². The van der Waals surface area contributed by atoms with Crippen LogP contribution in [0.1, 0.15) is 32.4 Å². The van der Waals surface area contributed by atoms with Crippen LogP contribution in [0.2, 0.25) is 0 Å². The van der Waals surface area contributed by atoms with Gasteiger partial charge < -0.3 is 36.9 Å². The van der Waals surface area contributed by atoms with Gasteiger partial charge in [0.05, 0.1) is 18.8 Å². The zero-order valence-corrected chi connectivity index (χ0v) is 20.1. The third-order valence-corrected chi connectivity index (χ3v) is 5.46. The number of aromatic amines is 1. The molecule has 0 bridgehead atoms. The highest BCUT2D eigenvalue weighted by atomic mass is 32.2. The van der Waals surface area contributed by atoms with Gasteiger partial charge in [-0.05, 0) is 24.3 Å². The van der Waals surface area contributed by atoms with E-state index in [0.717, 1.165) is 0 Å². The maximum Gasteiger partial charge on any atom is 0.326 e. The first-order valence-electron chi connectivity index (χ1n) is 10.5. The fourth-order valence-electron chi connectivity index (χ4n) is 2.93. The number of amides is 3. The van der Waals surface area contributed by atoms with Crippen LogP contribution in [-0.4, -0.2) is 86.0 Å². The third-order valence-electron chi connectivity index (χ3n) is 4.82. The molecule has 0 aliphatic rings. The molecule has 0 aliphatic carbocycles. The van der Waals surface area contributed by atoms with Gasteiger partial charge in [-0.25, -0.2) is 9.78 Å². The van der Waals surface area contributed by atoms with E-state index in [1.54, 1.807) is 13.8 Å². The number of H-pyrrole nitrogens is 1. The molecule has 14 heteroatoms. The van der Waals surface area contributed by atoms with Gasteiger partial charge in [0.25, 0.3) is 0 Å². The van der Waals surface area contributed by atoms with Crippen molar-refractivity contribution in [2.75, 3.05) is 12.0 Å². The van der Waals surface area contributed by atoms with E-state index in [2.05, 4.69) is 25.9 Å². The van der Waals surface area contributed by atoms with Crippen molar-refractivity contribution in [1.82, 2.24) is 25.9 Å². The molecule has 0 radical (unpaired) electrons. The second-order valence-electron chi connectivity index (χ2n) is 7.96. The van der Waals surface area contributed by atoms with Gasteiger partial charge in [-0.2, -0.15) is 11.8 Å². The molecule has 34 heavy (non-hydrogen) atoms. The Kier molecular flexibility index (Phi) is 12.1. The number of imidazole rings is 1. The van der Waals surface area contributed by atoms with Crippen LogP contribution in [0.3, 0.4) is 0 Å². The molecule has 0 fully saturated rings. The third kappa shape index (κ3) is 9.79. The number of aliphatic carboxylic acids is 2. The van der Waals surface area contributed by atoms with Gasteiger partial charge in [0.2, 0.25) is 17.7 Å². The number of carbonyl (C=O) groups excluding carboxylic acids is 3. The molecule has 1 rings (SSSR count). The Morgan fingerprint density at radius 1 is 1.06 bits per heavy atom. The lowest BCUT2D eigenvalue weighted by atomic mass is 10.0. The average Bonchev–Trinajstić information content (AvgIpc) is 3.26. The molecular formula is C20H32N6O7S. The normalized spacial score (nSPS) is 14.5. The van der Waals surface area contributed by atoms with Crippen molar-refractivity contribution in [3.8, 4) is 0 Å². The highest BCUT2D eigenvalue weighted by Gasteiger charge is 2.32. The van der Waals surface area contributed by atoms with Crippen molar-refractivity contribution in [2.45, 2.75) is 57.3 Å². The second-order valence-corrected chi connectivity index (χ2v) is 8.94. The Morgan fingerprint density at radius 2 is 1.71 bits per heavy atom. The van der Waals surface area contributed by atoms with E-state index in [0.29, 0.717) is 11.4 Å². The van der Waals surface area contributed by atoms with E-state index in [1.165, 1.54) is 24.3 Å². The summed E-state index contributed by atoms with van der Waals surface area (Å²) < 4.78 is 0. The van der Waals surface area contributed by atoms with Gasteiger partial charge in [0, 0.05) is 18.3 Å². The van der Waals surface area contributed by atoms with Crippen LogP contribution >= 0.6 is 11.8 Å². The number of nitrogens with two attached hydrogens (primary N) is 1. The van der Waals surface area contributed by atoms with Crippen molar-refractivity contribution < 1.29 is 34.2 Å². The molecule has 13 nitrogen and oxygen atoms in total. The molecule has 4 atom stereocenters. The van der Waals surface area contributed by atoms with Crippen LogP contribution in [0.25, 0.3) is 0 Å². The summed E-state index contributed by atoms with van der Waals surface area (Å²) in [6.07, 6.45) is 4.23. The summed E-state index contributed by atoms with van der Waals surface area (Å²) in [5.41, 5.74) is 6.08. The predicted octanol–water partition coefficient (Wildman–Crippen LogP) is -1.30. The van der Waals surface area contributed by atoms with E-state index >= 15 is 0 Å². The topological polar surface area (TPSA) is 217 Å². The number of carbonyl (C=O) groups is 5. The lowest BCUT2D eigenvalue weighted by molar-refractivity contribution is -0.142. The van der Waals surface area contributed by atoms with Gasteiger partial charge in [-0.15, -0.1) is 0 Å². The van der Waals surface area contributed by atoms with E-state index in [9.17, 15) is 29.1 Å². The molecule has 1 heterocycles. The van der Waals surface area contributed by atoms with Gasteiger partial charge in [0.15, 0.2) is 0 Å². The molecule has 1 aromatic rings. The van der Waals surface area contributed by atoms with Crippen molar-refractivity contribution in [2.24, 2.45) is 11.7 Å². The molecule has 4 unspecified atom stereocenters. The number of carboxylic acid groups (broad SMARTS) is 2. The molecule has 0 saturated heterocycles. The van der Waals surface area contributed by atoms with Crippen molar-refractivity contribution in [3.05, 3.63) is 18.2 Å². The van der Waals surface area contributed by atoms with Gasteiger partial charge in [0.1, 0.15) is 18.1 Å². The van der Waals surface area contributed by atoms with Crippen molar-refractivity contribution >= 4 is 41.4 Å². The second kappa shape index (κ2) is 14.2. The summed E-state index contributed by atoms with van der Waals surface area (Å²) in [6, 6.07) is -4.75. The summed E-state index contributed by atoms with van der Waals surface area (Å²) in [5, 5.41) is 25.7. The zero-order valence-electron chi connectivity index (χ0n) is 19.2. The Morgan fingerprint density at radius 3 is 2.21 bits per heavy atom. The van der Waals surface area contributed by atoms with E-state index in [1.807, 2.05) is 6.26 Å². The molecule has 1 aromatic heterocycles. The van der Waals surface area contributed by atoms with Crippen LogP contribution in [0.5, 0.6) is 0 Å². The smallest absolute Gasteiger partial charge is 0.326 e. The first kappa shape index (κ1) is 28.9. The molecule has 0 spiro atoms. The number of thioether (sulfide) groups is 1. The Balaban J connectivity index is 2.92. The Bertz CT molecular complexity index is 848. The molecular weight excluding hydrogens is 468 g/mol. The van der Waals surface area contributed by atoms with Crippen molar-refractivity contribution in [3.63, 3.8) is 0 Å². The standard InChI is InChI=1S/C20H32N6O7S/c1-10(2)16(26-17(29)12(21)7-15(27)28)19(31)24-13(4-5-34-3)18(30)25-14(20(32)33)6-11-8-22-9-23-11/h8-10,12-14,16H,4-7,21H2,1-3H3,(H,22,23)(H,24,31)(H,25,30)(H,26,29)(H,27,28)(H,32,33). The Hall–Kier alpha value is -3.13. The summed E-state index contributed by atoms with van der Waals surface area (Å²) in [5.74, 6) is -4.59. The molecule has 3 amide bonds. The van der Waals surface area contributed by atoms with Crippen LogP contribution in [-0.2, 0) is 30.4 Å². The minimum atomic E-state index is -1.35. The summed E-state index contributed by atoms with van der Waals surface area (Å²) in [4.78, 5) is 67.0. The van der Waals surface area contributed by atoms with Crippen molar-refractivity contribution in [1.29, 1.82) is 0 Å². The number of carboxylic acids is 2. The maximum absolute atomic E-state index is 12.9. The van der Waals surface area contributed by atoms with Gasteiger partial charge in [-0.3, -0.25) is 19.2 Å². The summed E-state index contributed by atoms with van der Waals surface area (Å²) >= 11 is 1.44. The van der Waals surface area contributed by atoms with E-state index < -0.39 is 66.2 Å². The van der Waals surface area contributed by atoms with Crippen LogP contribution in [0.4, 0.5) is 0 Å². The summed E-state index contributed by atoms with van der Waals surface area (Å²) in [6.45, 7) is 3.32. The van der Waals surface area contributed by atoms with Gasteiger partial charge in [-0.1, -0.05) is 13.8 Å². The number of rotatable bonds is 15. The number of nitrogens with one attached hydrogen (secondary N) is 4. The molecule has 0 saturated carbocycles. The highest BCUT2D eigenvalue weighted by molar-refractivity contribution is 7.98. The zero-order chi connectivity index (χ0) is 25.8. The number of hydrogen-bond donors (Lipinski definition) is 7. The van der Waals surface area contributed by atoms with Crippen LogP contribution in [0, 0.1) is 5.92 Å². The van der Waals surface area contributed by atoms with E-state index in [4.69, 9.17) is 10.8 Å². The number of aromatic nitrogens is 2. The molecule has 190 valence electrons. The average molecular weight is 501 g/mol. The fraction of sp³-hybridized carbons (Fsp3) is 0.600. The quantitative estimate of drug-likeness (QED) is 0.151. The first-order chi connectivity index (χ1) is 16.0. The number of nitrogens with zero attached hydrogens (tertiary/aromatic N) is 1. The monoisotopic (exact) mass is 500 g/mol. The largest absolute Gasteiger partial charge is 0.481 e. The molecule has 0 aliphatic heterocycles. The lowest BCUT2D eigenvalue weighted by Crippen LogP contribution is -2.58. The van der Waals surface area contributed by atoms with Crippen LogP contribution in [0.15, 0.2) is 12.5 Å². The predicted molar refractivity (Wildman–Crippen MR) is 124 cm³/mol. The summed E-state index contributed by atoms with van der Waals surface area (Å²) in [7, 11) is 0. The first-order valence-corrected chi connectivity index (χ1v) is 11.9. The molecule has 8 N–H and O–H groups in total. The Labute approximate surface area is 201 Å². The minimum Gasteiger partial charge on any atom is -0.481 e. The highest BCUT2D eigenvalue weighted by Crippen LogP contribution is 2.08. The lowest BCUT2D eigenvalue weighted by Gasteiger charge is -2.26. The minimum absolute atomic E-state index is 0.0313. The molecule has 0 aromatic carbocycles. The fourth-order valence-corrected chi connectivity index (χ4v) is 3.40. The maximum atomic E-state index is 12.9.